The minimum atomic E-state index is -4.86. The third kappa shape index (κ3) is 6.47. The van der Waals surface area contributed by atoms with Gasteiger partial charge < -0.3 is 9.72 Å². The summed E-state index contributed by atoms with van der Waals surface area (Å²) >= 11 is 5.76. The fourth-order valence-electron chi connectivity index (χ4n) is 2.78. The molecule has 2 aromatic rings. The summed E-state index contributed by atoms with van der Waals surface area (Å²) in [6.45, 7) is 0.253. The highest BCUT2D eigenvalue weighted by atomic mass is 35.5. The van der Waals surface area contributed by atoms with Gasteiger partial charge in [0.05, 0.1) is 11.5 Å². The minimum Gasteiger partial charge on any atom is -0.406 e. The highest BCUT2D eigenvalue weighted by Crippen LogP contribution is 2.26. The van der Waals surface area contributed by atoms with Crippen molar-refractivity contribution >= 4 is 21.6 Å². The Balaban J connectivity index is 1.56. The average Bonchev–Trinajstić information content (AvgIpc) is 2.67. The summed E-state index contributed by atoms with van der Waals surface area (Å²) in [6, 6.07) is 6.89. The maximum atomic E-state index is 12.7. The van der Waals surface area contributed by atoms with Gasteiger partial charge in [-0.3, -0.25) is 15.1 Å². The number of alkyl halides is 3. The van der Waals surface area contributed by atoms with E-state index in [4.69, 9.17) is 16.4 Å². The van der Waals surface area contributed by atoms with E-state index in [0.717, 1.165) is 24.3 Å². The smallest absolute Gasteiger partial charge is 0.406 e. The summed E-state index contributed by atoms with van der Waals surface area (Å²) in [5.74, 6) is -0.504. The Morgan fingerprint density at radius 1 is 1.19 bits per heavy atom. The molecule has 1 aliphatic heterocycles. The molecule has 1 aromatic carbocycles. The van der Waals surface area contributed by atoms with Crippen LogP contribution in [0.25, 0.3) is 0 Å². The van der Waals surface area contributed by atoms with Gasteiger partial charge in [0, 0.05) is 31.3 Å². The first-order chi connectivity index (χ1) is 14.5. The summed E-state index contributed by atoms with van der Waals surface area (Å²) in [4.78, 5) is 18.9. The van der Waals surface area contributed by atoms with Crippen LogP contribution in [0, 0.1) is 0 Å². The van der Waals surface area contributed by atoms with E-state index < -0.39 is 22.1 Å². The molecular formula is C18H17ClF3N3O5S. The lowest BCUT2D eigenvalue weighted by Gasteiger charge is -2.26. The Morgan fingerprint density at radius 2 is 1.90 bits per heavy atom. The Hall–Kier alpha value is -2.54. The Bertz CT molecular complexity index is 1120. The molecule has 1 aliphatic rings. The second-order valence-corrected chi connectivity index (χ2v) is 8.80. The van der Waals surface area contributed by atoms with Crippen molar-refractivity contribution in [3.63, 3.8) is 0 Å². The number of halogens is 4. The summed E-state index contributed by atoms with van der Waals surface area (Å²) in [6.07, 6.45) is -2.91. The molecule has 2 heterocycles. The molecule has 168 valence electrons. The maximum Gasteiger partial charge on any atom is 0.573 e. The van der Waals surface area contributed by atoms with Crippen molar-refractivity contribution in [1.29, 1.82) is 0 Å². The zero-order valence-electron chi connectivity index (χ0n) is 15.8. The van der Waals surface area contributed by atoms with Crippen molar-refractivity contribution in [2.75, 3.05) is 13.1 Å². The molecule has 0 spiro atoms. The summed E-state index contributed by atoms with van der Waals surface area (Å²) in [7, 11) is -3.89. The van der Waals surface area contributed by atoms with Gasteiger partial charge in [-0.2, -0.15) is 4.31 Å². The quantitative estimate of drug-likeness (QED) is 0.468. The highest BCUT2D eigenvalue weighted by Gasteiger charge is 2.31. The molecule has 0 aliphatic carbocycles. The van der Waals surface area contributed by atoms with Crippen LogP contribution in [-0.4, -0.2) is 37.2 Å². The topological polar surface area (TPSA) is 101 Å². The number of hydrogen-bond acceptors (Lipinski definition) is 6. The fourth-order valence-corrected chi connectivity index (χ4v) is 4.40. The van der Waals surface area contributed by atoms with Gasteiger partial charge >= 0.3 is 6.36 Å². The van der Waals surface area contributed by atoms with Crippen molar-refractivity contribution in [3.8, 4) is 5.75 Å². The number of nitrogens with one attached hydrogen (secondary N) is 2. The van der Waals surface area contributed by atoms with Crippen LogP contribution in [0.15, 0.2) is 57.9 Å². The summed E-state index contributed by atoms with van der Waals surface area (Å²) in [5.41, 5.74) is 3.56. The van der Waals surface area contributed by atoms with Crippen LogP contribution in [0.2, 0.25) is 5.15 Å². The van der Waals surface area contributed by atoms with Gasteiger partial charge in [0.2, 0.25) is 15.6 Å². The molecular weight excluding hydrogens is 463 g/mol. The van der Waals surface area contributed by atoms with Crippen LogP contribution in [0.5, 0.6) is 5.75 Å². The van der Waals surface area contributed by atoms with Crippen LogP contribution >= 0.6 is 11.6 Å². The first-order valence-electron chi connectivity index (χ1n) is 8.84. The fraction of sp³-hybridized carbons (Fsp3) is 0.278. The number of aromatic amines is 1. The maximum absolute atomic E-state index is 12.7. The lowest BCUT2D eigenvalue weighted by molar-refractivity contribution is -0.274. The van der Waals surface area contributed by atoms with Gasteiger partial charge in [0.1, 0.15) is 10.9 Å². The van der Waals surface area contributed by atoms with Gasteiger partial charge in [0.25, 0.3) is 0 Å². The number of nitrogens with zero attached hydrogens (tertiary/aromatic N) is 1. The number of ether oxygens (including phenoxy) is 1. The first kappa shape index (κ1) is 23.1. The molecule has 8 nitrogen and oxygen atoms in total. The second-order valence-electron chi connectivity index (χ2n) is 6.45. The van der Waals surface area contributed by atoms with E-state index in [0.29, 0.717) is 17.7 Å². The Morgan fingerprint density at radius 3 is 2.48 bits per heavy atom. The van der Waals surface area contributed by atoms with Crippen molar-refractivity contribution in [2.45, 2.75) is 24.3 Å². The number of hydrogen-bond donors (Lipinski definition) is 2. The van der Waals surface area contributed by atoms with Crippen LogP contribution in [-0.2, 0) is 21.5 Å². The largest absolute Gasteiger partial charge is 0.573 e. The average molecular weight is 480 g/mol. The van der Waals surface area contributed by atoms with E-state index in [2.05, 4.69) is 15.2 Å². The molecule has 0 unspecified atom stereocenters. The molecule has 2 N–H and O–H groups in total. The molecule has 0 fully saturated rings. The predicted molar refractivity (Wildman–Crippen MR) is 105 cm³/mol. The number of aromatic nitrogens is 1. The molecule has 0 amide bonds. The van der Waals surface area contributed by atoms with Crippen molar-refractivity contribution in [3.05, 3.63) is 69.2 Å². The zero-order chi connectivity index (χ0) is 22.6. The van der Waals surface area contributed by atoms with Gasteiger partial charge in [-0.1, -0.05) is 11.6 Å². The van der Waals surface area contributed by atoms with Gasteiger partial charge in [-0.05, 0) is 42.0 Å². The monoisotopic (exact) mass is 479 g/mol. The molecule has 0 atom stereocenters. The molecule has 0 bridgehead atoms. The third-order valence-corrected chi connectivity index (χ3v) is 6.26. The third-order valence-electron chi connectivity index (χ3n) is 4.18. The lowest BCUT2D eigenvalue weighted by Crippen LogP contribution is -2.36. The lowest BCUT2D eigenvalue weighted by atomic mass is 10.2. The van der Waals surface area contributed by atoms with Gasteiger partial charge in [-0.25, -0.2) is 8.42 Å². The summed E-state index contributed by atoms with van der Waals surface area (Å²) < 4.78 is 67.0. The van der Waals surface area contributed by atoms with E-state index in [-0.39, 0.29) is 35.3 Å². The second kappa shape index (κ2) is 9.30. The molecule has 3 rings (SSSR count). The number of benzene rings is 1. The first-order valence-corrected chi connectivity index (χ1v) is 10.7. The van der Waals surface area contributed by atoms with E-state index in [1.165, 1.54) is 10.4 Å². The van der Waals surface area contributed by atoms with Crippen LogP contribution in [0.1, 0.15) is 12.0 Å². The minimum absolute atomic E-state index is 0.0473. The number of hydroxylamine groups is 1. The Kier molecular flexibility index (Phi) is 6.94. The van der Waals surface area contributed by atoms with Crippen LogP contribution in [0.4, 0.5) is 13.2 Å². The molecule has 13 heteroatoms. The molecule has 0 radical (unpaired) electrons. The van der Waals surface area contributed by atoms with E-state index in [1.807, 2.05) is 0 Å². The van der Waals surface area contributed by atoms with Crippen molar-refractivity contribution in [1.82, 2.24) is 14.8 Å². The number of sulfonamides is 1. The molecule has 1 aromatic heterocycles. The molecule has 31 heavy (non-hydrogen) atoms. The molecule has 0 saturated heterocycles. The van der Waals surface area contributed by atoms with E-state index in [9.17, 15) is 26.4 Å². The number of pyridine rings is 1. The normalized spacial score (nSPS) is 15.4. The van der Waals surface area contributed by atoms with Gasteiger partial charge in [-0.15, -0.1) is 13.2 Å². The standard InChI is InChI=1S/C18H17ClF3N3O5S/c19-16-9-12(10-17(26)23-16)11-29-24-13-5-7-25(8-6-13)31(27,28)15-3-1-14(2-4-15)30-18(20,21)22/h1-5,9-10,24H,6-8,11H2,(H,23,26). The van der Waals surface area contributed by atoms with Crippen LogP contribution < -0.4 is 15.8 Å². The van der Waals surface area contributed by atoms with E-state index in [1.54, 1.807) is 12.1 Å². The molecule has 0 saturated carbocycles. The van der Waals surface area contributed by atoms with Crippen molar-refractivity contribution in [2.24, 2.45) is 0 Å². The van der Waals surface area contributed by atoms with Crippen molar-refractivity contribution < 1.29 is 31.2 Å². The predicted octanol–water partition coefficient (Wildman–Crippen LogP) is 2.93. The van der Waals surface area contributed by atoms with Gasteiger partial charge in [0.15, 0.2) is 0 Å². The summed E-state index contributed by atoms with van der Waals surface area (Å²) in [5, 5.41) is 0.182. The Labute approximate surface area is 180 Å². The number of rotatable bonds is 7. The zero-order valence-corrected chi connectivity index (χ0v) is 17.4. The highest BCUT2D eigenvalue weighted by molar-refractivity contribution is 7.89. The van der Waals surface area contributed by atoms with E-state index >= 15 is 0 Å². The number of H-pyrrole nitrogens is 1. The SMILES string of the molecule is O=c1cc(CONC2=CCN(S(=O)(=O)c3ccc(OC(F)(F)F)cc3)CC2)cc(Cl)[nH]1. The van der Waals surface area contributed by atoms with Crippen LogP contribution in [0.3, 0.4) is 0 Å².